The highest BCUT2D eigenvalue weighted by atomic mass is 79.9. The van der Waals surface area contributed by atoms with Gasteiger partial charge in [-0.25, -0.2) is 9.48 Å². The fraction of sp³-hybridized carbons (Fsp3) is 0.158. The lowest BCUT2D eigenvalue weighted by Crippen LogP contribution is -2.07. The van der Waals surface area contributed by atoms with Gasteiger partial charge in [-0.05, 0) is 65.3 Å². The maximum absolute atomic E-state index is 12.3. The molecule has 1 aromatic heterocycles. The van der Waals surface area contributed by atoms with E-state index in [-0.39, 0.29) is 12.3 Å². The topological polar surface area (TPSA) is 53.3 Å². The van der Waals surface area contributed by atoms with Gasteiger partial charge < -0.3 is 9.47 Å². The van der Waals surface area contributed by atoms with Gasteiger partial charge in [0.05, 0.1) is 29.6 Å². The van der Waals surface area contributed by atoms with E-state index in [1.807, 2.05) is 48.5 Å². The second kappa shape index (κ2) is 8.05. The molecule has 0 aliphatic heterocycles. The Morgan fingerprint density at radius 3 is 2.50 bits per heavy atom. The average Bonchev–Trinajstić information content (AvgIpc) is 2.99. The minimum absolute atomic E-state index is 0.234. The quantitative estimate of drug-likeness (QED) is 0.469. The lowest BCUT2D eigenvalue weighted by Gasteiger charge is -2.09. The predicted octanol–water partition coefficient (Wildman–Crippen LogP) is 5.25. The van der Waals surface area contributed by atoms with E-state index in [1.165, 1.54) is 0 Å². The van der Waals surface area contributed by atoms with Gasteiger partial charge in [-0.2, -0.15) is 5.10 Å². The van der Waals surface area contributed by atoms with Crippen molar-refractivity contribution in [1.29, 1.82) is 0 Å². The molecular formula is C19H16Br2N2O3. The molecule has 0 fully saturated rings. The van der Waals surface area contributed by atoms with Crippen LogP contribution in [0.15, 0.2) is 57.5 Å². The van der Waals surface area contributed by atoms with Crippen molar-refractivity contribution in [2.24, 2.45) is 0 Å². The summed E-state index contributed by atoms with van der Waals surface area (Å²) in [5, 5.41) is 4.50. The Balaban J connectivity index is 2.20. The van der Waals surface area contributed by atoms with Crippen LogP contribution in [-0.2, 0) is 4.74 Å². The lowest BCUT2D eigenvalue weighted by molar-refractivity contribution is 0.0518. The summed E-state index contributed by atoms with van der Waals surface area (Å²) < 4.78 is 13.6. The molecule has 0 spiro atoms. The number of benzene rings is 2. The van der Waals surface area contributed by atoms with E-state index in [2.05, 4.69) is 37.0 Å². The molecule has 3 rings (SSSR count). The number of methoxy groups -OCH3 is 1. The maximum atomic E-state index is 12.3. The summed E-state index contributed by atoms with van der Waals surface area (Å²) in [4.78, 5) is 12.3. The third-order valence-electron chi connectivity index (χ3n) is 3.71. The first kappa shape index (κ1) is 18.7. The van der Waals surface area contributed by atoms with Crippen molar-refractivity contribution in [2.75, 3.05) is 13.7 Å². The monoisotopic (exact) mass is 478 g/mol. The summed E-state index contributed by atoms with van der Waals surface area (Å²) in [5.41, 5.74) is 2.70. The first-order valence-corrected chi connectivity index (χ1v) is 9.49. The van der Waals surface area contributed by atoms with Crippen molar-refractivity contribution >= 4 is 37.8 Å². The number of halogens is 2. The van der Waals surface area contributed by atoms with Gasteiger partial charge in [0.25, 0.3) is 0 Å². The molecule has 0 saturated carbocycles. The highest BCUT2D eigenvalue weighted by molar-refractivity contribution is 9.11. The summed E-state index contributed by atoms with van der Waals surface area (Å²) in [6.45, 7) is 2.05. The van der Waals surface area contributed by atoms with Gasteiger partial charge in [0.2, 0.25) is 0 Å². The van der Waals surface area contributed by atoms with Gasteiger partial charge in [0.15, 0.2) is 5.69 Å². The van der Waals surface area contributed by atoms with Crippen LogP contribution in [0.5, 0.6) is 5.75 Å². The molecule has 0 aliphatic rings. The summed E-state index contributed by atoms with van der Waals surface area (Å²) >= 11 is 7.01. The molecule has 5 nitrogen and oxygen atoms in total. The Hall–Kier alpha value is -2.12. The van der Waals surface area contributed by atoms with Gasteiger partial charge in [-0.15, -0.1) is 0 Å². The molecule has 26 heavy (non-hydrogen) atoms. The minimum Gasteiger partial charge on any atom is -0.497 e. The van der Waals surface area contributed by atoms with Crippen LogP contribution in [0.2, 0.25) is 0 Å². The molecule has 0 radical (unpaired) electrons. The van der Waals surface area contributed by atoms with E-state index in [1.54, 1.807) is 18.7 Å². The molecule has 0 saturated heterocycles. The van der Waals surface area contributed by atoms with Crippen LogP contribution >= 0.6 is 31.9 Å². The number of carbonyl (C=O) groups excluding carboxylic acids is 1. The van der Waals surface area contributed by atoms with Crippen LogP contribution in [0, 0.1) is 0 Å². The molecule has 3 aromatic rings. The third-order valence-corrected chi connectivity index (χ3v) is 4.96. The van der Waals surface area contributed by atoms with Crippen molar-refractivity contribution in [3.63, 3.8) is 0 Å². The number of esters is 1. The molecule has 0 N–H and O–H groups in total. The van der Waals surface area contributed by atoms with Crippen LogP contribution in [0.1, 0.15) is 17.4 Å². The van der Waals surface area contributed by atoms with Crippen molar-refractivity contribution in [3.8, 4) is 22.7 Å². The Morgan fingerprint density at radius 1 is 1.15 bits per heavy atom. The molecule has 0 atom stereocenters. The van der Waals surface area contributed by atoms with Crippen LogP contribution in [-0.4, -0.2) is 29.5 Å². The minimum atomic E-state index is -0.470. The summed E-state index contributed by atoms with van der Waals surface area (Å²) in [5.74, 6) is 0.284. The fourth-order valence-corrected chi connectivity index (χ4v) is 3.55. The number of aromatic nitrogens is 2. The normalized spacial score (nSPS) is 10.6. The van der Waals surface area contributed by atoms with Crippen LogP contribution in [0.25, 0.3) is 16.9 Å². The maximum Gasteiger partial charge on any atom is 0.360 e. The first-order chi connectivity index (χ1) is 12.5. The largest absolute Gasteiger partial charge is 0.497 e. The van der Waals surface area contributed by atoms with E-state index >= 15 is 0 Å². The number of hydrogen-bond acceptors (Lipinski definition) is 4. The third kappa shape index (κ3) is 3.68. The number of rotatable bonds is 5. The molecule has 0 aliphatic carbocycles. The SMILES string of the molecule is CCOC(=O)c1nn(-c2cccc(Br)c2)c(-c2ccc(OC)cc2)c1Br. The van der Waals surface area contributed by atoms with Gasteiger partial charge in [-0.3, -0.25) is 0 Å². The number of nitrogens with zero attached hydrogens (tertiary/aromatic N) is 2. The van der Waals surface area contributed by atoms with E-state index < -0.39 is 5.97 Å². The Labute approximate surface area is 168 Å². The molecule has 134 valence electrons. The van der Waals surface area contributed by atoms with E-state index in [9.17, 15) is 4.79 Å². The van der Waals surface area contributed by atoms with E-state index in [0.29, 0.717) is 4.47 Å². The molecule has 7 heteroatoms. The van der Waals surface area contributed by atoms with Crippen molar-refractivity contribution in [1.82, 2.24) is 9.78 Å². The summed E-state index contributed by atoms with van der Waals surface area (Å²) in [7, 11) is 1.62. The number of hydrogen-bond donors (Lipinski definition) is 0. The summed E-state index contributed by atoms with van der Waals surface area (Å²) in [6, 6.07) is 15.3. The second-order valence-electron chi connectivity index (χ2n) is 5.35. The van der Waals surface area contributed by atoms with Crippen LogP contribution in [0.3, 0.4) is 0 Å². The Morgan fingerprint density at radius 2 is 1.88 bits per heavy atom. The van der Waals surface area contributed by atoms with Crippen LogP contribution in [0.4, 0.5) is 0 Å². The zero-order valence-electron chi connectivity index (χ0n) is 14.2. The number of ether oxygens (including phenoxy) is 2. The Bertz CT molecular complexity index is 936. The smallest absolute Gasteiger partial charge is 0.360 e. The highest BCUT2D eigenvalue weighted by Gasteiger charge is 2.24. The predicted molar refractivity (Wildman–Crippen MR) is 107 cm³/mol. The zero-order valence-corrected chi connectivity index (χ0v) is 17.4. The highest BCUT2D eigenvalue weighted by Crippen LogP contribution is 2.35. The van der Waals surface area contributed by atoms with Crippen molar-refractivity contribution in [2.45, 2.75) is 6.92 Å². The first-order valence-electron chi connectivity index (χ1n) is 7.91. The van der Waals surface area contributed by atoms with E-state index in [4.69, 9.17) is 9.47 Å². The number of carbonyl (C=O) groups is 1. The molecule has 2 aromatic carbocycles. The van der Waals surface area contributed by atoms with Crippen molar-refractivity contribution in [3.05, 3.63) is 63.2 Å². The standard InChI is InChI=1S/C19H16Br2N2O3/c1-3-26-19(24)17-16(21)18(12-7-9-15(25-2)10-8-12)23(22-17)14-6-4-5-13(20)11-14/h4-11H,3H2,1-2H3. The second-order valence-corrected chi connectivity index (χ2v) is 7.06. The Kier molecular flexibility index (Phi) is 5.78. The molecule has 0 bridgehead atoms. The van der Waals surface area contributed by atoms with Gasteiger partial charge >= 0.3 is 5.97 Å². The molecule has 1 heterocycles. The van der Waals surface area contributed by atoms with Gasteiger partial charge in [0, 0.05) is 10.0 Å². The summed E-state index contributed by atoms with van der Waals surface area (Å²) in [6.07, 6.45) is 0. The van der Waals surface area contributed by atoms with Gasteiger partial charge in [0.1, 0.15) is 5.75 Å². The van der Waals surface area contributed by atoms with Gasteiger partial charge in [-0.1, -0.05) is 22.0 Å². The van der Waals surface area contributed by atoms with Crippen molar-refractivity contribution < 1.29 is 14.3 Å². The lowest BCUT2D eigenvalue weighted by atomic mass is 10.1. The van der Waals surface area contributed by atoms with E-state index in [0.717, 1.165) is 27.2 Å². The fourth-order valence-electron chi connectivity index (χ4n) is 2.52. The zero-order chi connectivity index (χ0) is 18.7. The molecule has 0 amide bonds. The average molecular weight is 480 g/mol. The van der Waals surface area contributed by atoms with Crippen LogP contribution < -0.4 is 4.74 Å². The molecular weight excluding hydrogens is 464 g/mol. The molecule has 0 unspecified atom stereocenters.